The van der Waals surface area contributed by atoms with Crippen molar-refractivity contribution in [2.45, 2.75) is 31.6 Å². The number of hydrogen-bond donors (Lipinski definition) is 2. The van der Waals surface area contributed by atoms with E-state index >= 15 is 0 Å². The first-order chi connectivity index (χ1) is 11.7. The van der Waals surface area contributed by atoms with Gasteiger partial charge in [0.2, 0.25) is 11.8 Å². The Morgan fingerprint density at radius 1 is 1.38 bits per heavy atom. The van der Waals surface area contributed by atoms with Crippen molar-refractivity contribution in [1.29, 1.82) is 0 Å². The number of nitrogens with one attached hydrogen (secondary N) is 2. The number of carbonyl (C=O) groups excluding carboxylic acids is 1. The van der Waals surface area contributed by atoms with Crippen LogP contribution in [-0.4, -0.2) is 32.3 Å². The van der Waals surface area contributed by atoms with E-state index in [0.29, 0.717) is 30.3 Å². The molecule has 3 aromatic rings. The molecule has 0 spiro atoms. The van der Waals surface area contributed by atoms with Crippen LogP contribution in [0.15, 0.2) is 28.8 Å². The van der Waals surface area contributed by atoms with Gasteiger partial charge in [-0.3, -0.25) is 4.79 Å². The third-order valence-corrected chi connectivity index (χ3v) is 4.09. The lowest BCUT2D eigenvalue weighted by atomic mass is 10.2. The number of aromatic nitrogens is 4. The number of hydrogen-bond acceptors (Lipinski definition) is 6. The van der Waals surface area contributed by atoms with Crippen LogP contribution < -0.4 is 5.32 Å². The minimum Gasteiger partial charge on any atom is -0.346 e. The second-order valence-corrected chi connectivity index (χ2v) is 6.33. The number of fused-ring (bicyclic) bond motifs is 1. The monoisotopic (exact) mass is 345 g/mol. The van der Waals surface area contributed by atoms with Crippen LogP contribution in [0.5, 0.6) is 0 Å². The zero-order valence-corrected chi connectivity index (χ0v) is 14.4. The van der Waals surface area contributed by atoms with E-state index in [4.69, 9.17) is 4.52 Å². The van der Waals surface area contributed by atoms with Crippen LogP contribution in [0.25, 0.3) is 11.0 Å². The Labute approximate surface area is 143 Å². The molecule has 0 unspecified atom stereocenters. The lowest BCUT2D eigenvalue weighted by Crippen LogP contribution is -2.27. The molecule has 2 heterocycles. The molecule has 2 aromatic heterocycles. The molecule has 7 nitrogen and oxygen atoms in total. The highest BCUT2D eigenvalue weighted by atomic mass is 32.2. The smallest absolute Gasteiger partial charge is 0.227 e. The van der Waals surface area contributed by atoms with Crippen molar-refractivity contribution < 1.29 is 9.32 Å². The minimum atomic E-state index is -0.195. The molecule has 1 atom stereocenters. The molecule has 0 radical (unpaired) electrons. The molecule has 2 N–H and O–H groups in total. The Morgan fingerprint density at radius 3 is 3.00 bits per heavy atom. The summed E-state index contributed by atoms with van der Waals surface area (Å²) in [5.74, 6) is 2.52. The molecule has 1 amide bonds. The molecule has 0 bridgehead atoms. The van der Waals surface area contributed by atoms with Crippen molar-refractivity contribution in [3.63, 3.8) is 0 Å². The number of aryl methyl sites for hydroxylation is 1. The second-order valence-electron chi connectivity index (χ2n) is 5.47. The van der Waals surface area contributed by atoms with Crippen molar-refractivity contribution in [3.05, 3.63) is 41.8 Å². The SMILES string of the molecule is CSCc1noc(CCC(=O)N[C@@H](C)c2nc3ccccc3[nH]2)n1. The van der Waals surface area contributed by atoms with Gasteiger partial charge in [0, 0.05) is 12.8 Å². The maximum absolute atomic E-state index is 12.1. The van der Waals surface area contributed by atoms with Crippen LogP contribution in [-0.2, 0) is 17.0 Å². The van der Waals surface area contributed by atoms with Gasteiger partial charge in [-0.15, -0.1) is 0 Å². The number of para-hydroxylation sites is 2. The first kappa shape index (κ1) is 16.5. The summed E-state index contributed by atoms with van der Waals surface area (Å²) in [5, 5.41) is 6.80. The largest absolute Gasteiger partial charge is 0.346 e. The molecule has 24 heavy (non-hydrogen) atoms. The van der Waals surface area contributed by atoms with Crippen LogP contribution in [0.2, 0.25) is 0 Å². The van der Waals surface area contributed by atoms with E-state index in [-0.39, 0.29) is 11.9 Å². The Bertz CT molecular complexity index is 796. The summed E-state index contributed by atoms with van der Waals surface area (Å²) in [7, 11) is 0. The Kier molecular flexibility index (Phi) is 5.14. The lowest BCUT2D eigenvalue weighted by molar-refractivity contribution is -0.121. The number of benzene rings is 1. The summed E-state index contributed by atoms with van der Waals surface area (Å²) >= 11 is 1.63. The zero-order chi connectivity index (χ0) is 16.9. The van der Waals surface area contributed by atoms with E-state index in [2.05, 4.69) is 25.4 Å². The van der Waals surface area contributed by atoms with E-state index in [1.165, 1.54) is 0 Å². The van der Waals surface area contributed by atoms with Gasteiger partial charge in [0.1, 0.15) is 5.82 Å². The van der Waals surface area contributed by atoms with Crippen LogP contribution in [0.3, 0.4) is 0 Å². The van der Waals surface area contributed by atoms with Crippen LogP contribution in [0.1, 0.15) is 36.9 Å². The van der Waals surface area contributed by atoms with E-state index in [1.807, 2.05) is 37.4 Å². The van der Waals surface area contributed by atoms with Gasteiger partial charge in [-0.25, -0.2) is 4.98 Å². The number of carbonyl (C=O) groups is 1. The highest BCUT2D eigenvalue weighted by molar-refractivity contribution is 7.97. The quantitative estimate of drug-likeness (QED) is 0.683. The zero-order valence-electron chi connectivity index (χ0n) is 13.6. The minimum absolute atomic E-state index is 0.0763. The normalized spacial score (nSPS) is 12.4. The molecule has 1 aromatic carbocycles. The average molecular weight is 345 g/mol. The summed E-state index contributed by atoms with van der Waals surface area (Å²) in [5.41, 5.74) is 1.85. The molecule has 0 aliphatic rings. The highest BCUT2D eigenvalue weighted by Crippen LogP contribution is 2.15. The standard InChI is InChI=1S/C16H19N5O2S/c1-10(16-18-11-5-3-4-6-12(11)19-16)17-14(22)7-8-15-20-13(9-24-2)21-23-15/h3-6,10H,7-9H2,1-2H3,(H,17,22)(H,18,19)/t10-/m0/s1. The van der Waals surface area contributed by atoms with Gasteiger partial charge in [0.15, 0.2) is 5.82 Å². The maximum Gasteiger partial charge on any atom is 0.227 e. The van der Waals surface area contributed by atoms with E-state index in [1.54, 1.807) is 11.8 Å². The first-order valence-corrected chi connectivity index (χ1v) is 9.09. The molecule has 8 heteroatoms. The number of rotatable bonds is 7. The fourth-order valence-corrected chi connectivity index (χ4v) is 2.73. The number of H-pyrrole nitrogens is 1. The van der Waals surface area contributed by atoms with Crippen LogP contribution in [0.4, 0.5) is 0 Å². The summed E-state index contributed by atoms with van der Waals surface area (Å²) in [6, 6.07) is 7.59. The van der Waals surface area contributed by atoms with Crippen molar-refractivity contribution in [1.82, 2.24) is 25.4 Å². The average Bonchev–Trinajstić information content (AvgIpc) is 3.19. The molecule has 0 aliphatic carbocycles. The molecular weight excluding hydrogens is 326 g/mol. The van der Waals surface area contributed by atoms with Gasteiger partial charge in [0.05, 0.1) is 22.8 Å². The second kappa shape index (κ2) is 7.48. The van der Waals surface area contributed by atoms with Crippen molar-refractivity contribution in [3.8, 4) is 0 Å². The van der Waals surface area contributed by atoms with Crippen LogP contribution >= 0.6 is 11.8 Å². The molecule has 0 saturated heterocycles. The third kappa shape index (κ3) is 3.94. The van der Waals surface area contributed by atoms with Gasteiger partial charge in [-0.2, -0.15) is 16.7 Å². The maximum atomic E-state index is 12.1. The van der Waals surface area contributed by atoms with Crippen molar-refractivity contribution >= 4 is 28.7 Å². The van der Waals surface area contributed by atoms with Gasteiger partial charge >= 0.3 is 0 Å². The van der Waals surface area contributed by atoms with E-state index < -0.39 is 0 Å². The lowest BCUT2D eigenvalue weighted by Gasteiger charge is -2.10. The van der Waals surface area contributed by atoms with Gasteiger partial charge in [-0.1, -0.05) is 17.3 Å². The number of thioether (sulfide) groups is 1. The molecule has 0 aliphatic heterocycles. The summed E-state index contributed by atoms with van der Waals surface area (Å²) < 4.78 is 5.12. The first-order valence-electron chi connectivity index (χ1n) is 7.70. The van der Waals surface area contributed by atoms with Gasteiger partial charge in [-0.05, 0) is 25.3 Å². The summed E-state index contributed by atoms with van der Waals surface area (Å²) in [6.45, 7) is 1.90. The number of imidazole rings is 1. The highest BCUT2D eigenvalue weighted by Gasteiger charge is 2.15. The van der Waals surface area contributed by atoms with Crippen molar-refractivity contribution in [2.75, 3.05) is 6.26 Å². The topological polar surface area (TPSA) is 96.7 Å². The van der Waals surface area contributed by atoms with E-state index in [0.717, 1.165) is 16.9 Å². The third-order valence-electron chi connectivity index (χ3n) is 3.54. The molecule has 3 rings (SSSR count). The fourth-order valence-electron chi connectivity index (χ4n) is 2.36. The Hall–Kier alpha value is -2.35. The number of aromatic amines is 1. The number of nitrogens with zero attached hydrogens (tertiary/aromatic N) is 3. The number of amides is 1. The molecule has 0 saturated carbocycles. The van der Waals surface area contributed by atoms with Crippen LogP contribution in [0, 0.1) is 0 Å². The van der Waals surface area contributed by atoms with Gasteiger partial charge in [0.25, 0.3) is 0 Å². The molecule has 126 valence electrons. The van der Waals surface area contributed by atoms with Crippen molar-refractivity contribution in [2.24, 2.45) is 0 Å². The summed E-state index contributed by atoms with van der Waals surface area (Å²) in [4.78, 5) is 24.1. The Morgan fingerprint density at radius 2 is 2.21 bits per heavy atom. The molecule has 0 fully saturated rings. The fraction of sp³-hybridized carbons (Fsp3) is 0.375. The molecular formula is C16H19N5O2S. The van der Waals surface area contributed by atoms with E-state index in [9.17, 15) is 4.79 Å². The van der Waals surface area contributed by atoms with Gasteiger partial charge < -0.3 is 14.8 Å². The predicted octanol–water partition coefficient (Wildman–Crippen LogP) is 2.62. The Balaban J connectivity index is 1.53. The summed E-state index contributed by atoms with van der Waals surface area (Å²) in [6.07, 6.45) is 2.70. The predicted molar refractivity (Wildman–Crippen MR) is 92.5 cm³/mol.